The van der Waals surface area contributed by atoms with Crippen LogP contribution in [0.2, 0.25) is 5.02 Å². The lowest BCUT2D eigenvalue weighted by molar-refractivity contribution is -0.121. The van der Waals surface area contributed by atoms with Crippen molar-refractivity contribution < 1.29 is 18.7 Å². The molecule has 1 N–H and O–H groups in total. The molecule has 3 rings (SSSR count). The summed E-state index contributed by atoms with van der Waals surface area (Å²) in [6.45, 7) is 3.03. The van der Waals surface area contributed by atoms with Crippen LogP contribution in [0.4, 0.5) is 4.39 Å². The highest BCUT2D eigenvalue weighted by Crippen LogP contribution is 2.25. The number of likely N-dealkylation sites (tertiary alicyclic amines) is 1. The second kappa shape index (κ2) is 11.3. The number of hydrogen-bond acceptors (Lipinski definition) is 4. The smallest absolute Gasteiger partial charge is 0.220 e. The molecule has 0 saturated carbocycles. The number of benzene rings is 2. The first-order valence-electron chi connectivity index (χ1n) is 10.6. The summed E-state index contributed by atoms with van der Waals surface area (Å²) < 4.78 is 24.3. The average Bonchev–Trinajstić information content (AvgIpc) is 2.79. The van der Waals surface area contributed by atoms with Crippen molar-refractivity contribution in [3.63, 3.8) is 0 Å². The zero-order valence-electron chi connectivity index (χ0n) is 18.1. The first-order chi connectivity index (χ1) is 15.0. The van der Waals surface area contributed by atoms with Crippen molar-refractivity contribution in [1.82, 2.24) is 10.2 Å². The van der Waals surface area contributed by atoms with Crippen LogP contribution < -0.4 is 14.8 Å². The van der Waals surface area contributed by atoms with E-state index in [0.717, 1.165) is 49.2 Å². The van der Waals surface area contributed by atoms with E-state index in [-0.39, 0.29) is 16.7 Å². The van der Waals surface area contributed by atoms with E-state index >= 15 is 0 Å². The zero-order valence-corrected chi connectivity index (χ0v) is 18.9. The predicted molar refractivity (Wildman–Crippen MR) is 120 cm³/mol. The predicted octanol–water partition coefficient (Wildman–Crippen LogP) is 4.80. The lowest BCUT2D eigenvalue weighted by atomic mass is 9.93. The maximum Gasteiger partial charge on any atom is 0.220 e. The normalized spacial score (nSPS) is 16.7. The number of amides is 1. The van der Waals surface area contributed by atoms with Crippen molar-refractivity contribution >= 4 is 17.5 Å². The number of carbonyl (C=O) groups is 1. The molecule has 1 heterocycles. The van der Waals surface area contributed by atoms with Crippen LogP contribution in [-0.2, 0) is 17.9 Å². The van der Waals surface area contributed by atoms with Gasteiger partial charge in [-0.3, -0.25) is 9.69 Å². The molecule has 31 heavy (non-hydrogen) atoms. The average molecular weight is 449 g/mol. The molecule has 0 aliphatic carbocycles. The molecule has 1 unspecified atom stereocenters. The van der Waals surface area contributed by atoms with E-state index in [1.54, 1.807) is 20.3 Å². The van der Waals surface area contributed by atoms with Crippen molar-refractivity contribution in [2.75, 3.05) is 27.3 Å². The minimum Gasteiger partial charge on any atom is -0.497 e. The molecule has 1 atom stereocenters. The fourth-order valence-corrected chi connectivity index (χ4v) is 4.16. The molecule has 0 spiro atoms. The van der Waals surface area contributed by atoms with Gasteiger partial charge in [-0.2, -0.15) is 0 Å². The van der Waals surface area contributed by atoms with E-state index in [9.17, 15) is 9.18 Å². The van der Waals surface area contributed by atoms with Crippen LogP contribution in [0.15, 0.2) is 36.4 Å². The van der Waals surface area contributed by atoms with Gasteiger partial charge < -0.3 is 14.8 Å². The Labute approximate surface area is 188 Å². The van der Waals surface area contributed by atoms with Crippen LogP contribution in [0.3, 0.4) is 0 Å². The van der Waals surface area contributed by atoms with Gasteiger partial charge in [0.1, 0.15) is 17.3 Å². The minimum atomic E-state index is -0.377. The van der Waals surface area contributed by atoms with E-state index < -0.39 is 0 Å². The molecule has 1 aliphatic heterocycles. The van der Waals surface area contributed by atoms with E-state index in [1.165, 1.54) is 6.07 Å². The van der Waals surface area contributed by atoms with Crippen molar-refractivity contribution in [2.24, 2.45) is 5.92 Å². The lowest BCUT2D eigenvalue weighted by Gasteiger charge is -2.32. The summed E-state index contributed by atoms with van der Waals surface area (Å²) in [5.74, 6) is 1.54. The standard InChI is InChI=1S/C24H30ClFN2O3/c1-30-20-8-7-19(23(13-20)31-2)14-27-24(29)10-6-17-4-3-11-28(15-17)16-18-5-9-21(25)22(26)12-18/h5,7-9,12-13,17H,3-4,6,10-11,14-16H2,1-2H3,(H,27,29). The monoisotopic (exact) mass is 448 g/mol. The maximum atomic E-state index is 13.7. The quantitative estimate of drug-likeness (QED) is 0.598. The first kappa shape index (κ1) is 23.4. The Kier molecular flexibility index (Phi) is 8.55. The Balaban J connectivity index is 1.44. The number of methoxy groups -OCH3 is 2. The molecule has 0 bridgehead atoms. The van der Waals surface area contributed by atoms with Crippen LogP contribution in [0.5, 0.6) is 11.5 Å². The minimum absolute atomic E-state index is 0.0368. The highest BCUT2D eigenvalue weighted by atomic mass is 35.5. The number of rotatable bonds is 9. The number of hydrogen-bond donors (Lipinski definition) is 1. The number of ether oxygens (including phenoxy) is 2. The van der Waals surface area contributed by atoms with Gasteiger partial charge >= 0.3 is 0 Å². The third-order valence-corrected chi connectivity index (χ3v) is 6.05. The third kappa shape index (κ3) is 6.84. The van der Waals surface area contributed by atoms with Crippen LogP contribution in [0.25, 0.3) is 0 Å². The van der Waals surface area contributed by atoms with Crippen LogP contribution in [0.1, 0.15) is 36.8 Å². The molecule has 168 valence electrons. The summed E-state index contributed by atoms with van der Waals surface area (Å²) in [4.78, 5) is 14.7. The molecule has 1 saturated heterocycles. The van der Waals surface area contributed by atoms with E-state index in [4.69, 9.17) is 21.1 Å². The molecule has 0 aromatic heterocycles. The summed E-state index contributed by atoms with van der Waals surface area (Å²) in [5, 5.41) is 3.14. The number of carbonyl (C=O) groups excluding carboxylic acids is 1. The summed E-state index contributed by atoms with van der Waals surface area (Å²) in [6.07, 6.45) is 3.54. The van der Waals surface area contributed by atoms with Crippen LogP contribution in [-0.4, -0.2) is 38.1 Å². The Hall–Kier alpha value is -2.31. The highest BCUT2D eigenvalue weighted by Gasteiger charge is 2.21. The molecular weight excluding hydrogens is 419 g/mol. The van der Waals surface area contributed by atoms with E-state index in [2.05, 4.69) is 10.2 Å². The Morgan fingerprint density at radius 2 is 2.06 bits per heavy atom. The molecule has 2 aromatic rings. The maximum absolute atomic E-state index is 13.7. The SMILES string of the molecule is COc1ccc(CNC(=O)CCC2CCCN(Cc3ccc(Cl)c(F)c3)C2)c(OC)c1. The summed E-state index contributed by atoms with van der Waals surface area (Å²) >= 11 is 5.77. The topological polar surface area (TPSA) is 50.8 Å². The molecule has 1 fully saturated rings. The fraction of sp³-hybridized carbons (Fsp3) is 0.458. The molecule has 1 aliphatic rings. The lowest BCUT2D eigenvalue weighted by Crippen LogP contribution is -2.35. The van der Waals surface area contributed by atoms with Gasteiger partial charge in [0.05, 0.1) is 19.2 Å². The molecule has 5 nitrogen and oxygen atoms in total. The van der Waals surface area contributed by atoms with E-state index in [1.807, 2.05) is 24.3 Å². The molecule has 0 radical (unpaired) electrons. The van der Waals surface area contributed by atoms with E-state index in [0.29, 0.717) is 31.2 Å². The number of nitrogens with one attached hydrogen (secondary N) is 1. The van der Waals surface area contributed by atoms with Gasteiger partial charge in [-0.05, 0) is 61.6 Å². The summed E-state index contributed by atoms with van der Waals surface area (Å²) in [7, 11) is 3.21. The molecule has 7 heteroatoms. The fourth-order valence-electron chi connectivity index (χ4n) is 4.04. The van der Waals surface area contributed by atoms with Crippen molar-refractivity contribution in [3.8, 4) is 11.5 Å². The van der Waals surface area contributed by atoms with Gasteiger partial charge in [0.15, 0.2) is 0 Å². The molecule has 1 amide bonds. The van der Waals surface area contributed by atoms with Gasteiger partial charge in [-0.1, -0.05) is 17.7 Å². The zero-order chi connectivity index (χ0) is 22.2. The number of halogens is 2. The van der Waals surface area contributed by atoms with Crippen molar-refractivity contribution in [1.29, 1.82) is 0 Å². The molecular formula is C24H30ClFN2O3. The highest BCUT2D eigenvalue weighted by molar-refractivity contribution is 6.30. The Morgan fingerprint density at radius 1 is 1.23 bits per heavy atom. The third-order valence-electron chi connectivity index (χ3n) is 5.74. The summed E-state index contributed by atoms with van der Waals surface area (Å²) in [5.41, 5.74) is 1.84. The van der Waals surface area contributed by atoms with Gasteiger partial charge in [-0.25, -0.2) is 4.39 Å². The number of piperidine rings is 1. The van der Waals surface area contributed by atoms with Gasteiger partial charge in [-0.15, -0.1) is 0 Å². The largest absolute Gasteiger partial charge is 0.497 e. The Morgan fingerprint density at radius 3 is 2.81 bits per heavy atom. The van der Waals surface area contributed by atoms with Crippen LogP contribution >= 0.6 is 11.6 Å². The second-order valence-corrected chi connectivity index (χ2v) is 8.39. The Bertz CT molecular complexity index is 893. The van der Waals surface area contributed by atoms with Gasteiger partial charge in [0.25, 0.3) is 0 Å². The van der Waals surface area contributed by atoms with Gasteiger partial charge in [0.2, 0.25) is 5.91 Å². The second-order valence-electron chi connectivity index (χ2n) is 7.99. The van der Waals surface area contributed by atoms with Crippen molar-refractivity contribution in [2.45, 2.75) is 38.8 Å². The van der Waals surface area contributed by atoms with Crippen molar-refractivity contribution in [3.05, 3.63) is 58.4 Å². The molecule has 2 aromatic carbocycles. The summed E-state index contributed by atoms with van der Waals surface area (Å²) in [6, 6.07) is 10.5. The van der Waals surface area contributed by atoms with Gasteiger partial charge in [0, 0.05) is 37.7 Å². The number of nitrogens with zero attached hydrogens (tertiary/aromatic N) is 1. The van der Waals surface area contributed by atoms with Crippen LogP contribution in [0, 0.1) is 11.7 Å². The first-order valence-corrected chi connectivity index (χ1v) is 11.0.